The van der Waals surface area contributed by atoms with Crippen LogP contribution in [-0.4, -0.2) is 28.4 Å². The fraction of sp³-hybridized carbons (Fsp3) is 0.0870. The third kappa shape index (κ3) is 4.02. The summed E-state index contributed by atoms with van der Waals surface area (Å²) in [5.41, 5.74) is 1.10. The summed E-state index contributed by atoms with van der Waals surface area (Å²) in [4.78, 5) is 28.8. The summed E-state index contributed by atoms with van der Waals surface area (Å²) in [6.45, 7) is 2.07. The zero-order valence-electron chi connectivity index (χ0n) is 16.3. The van der Waals surface area contributed by atoms with Gasteiger partial charge in [0.25, 0.3) is 11.8 Å². The number of amides is 2. The Morgan fingerprint density at radius 1 is 1.00 bits per heavy atom. The van der Waals surface area contributed by atoms with E-state index in [0.29, 0.717) is 34.3 Å². The number of nitrogens with zero attached hydrogens (tertiary/aromatic N) is 2. The third-order valence-electron chi connectivity index (χ3n) is 4.77. The van der Waals surface area contributed by atoms with Gasteiger partial charge in [0.15, 0.2) is 5.11 Å². The number of hydrogen-bond donors (Lipinski definition) is 0. The van der Waals surface area contributed by atoms with E-state index in [-0.39, 0.29) is 16.5 Å². The summed E-state index contributed by atoms with van der Waals surface area (Å²) < 4.78 is 18.9. The summed E-state index contributed by atoms with van der Waals surface area (Å²) in [7, 11) is 0. The number of likely N-dealkylation sites (N-methyl/N-ethyl adjacent to an activating group) is 1. The summed E-state index contributed by atoms with van der Waals surface area (Å²) in [5.74, 6) is -0.603. The van der Waals surface area contributed by atoms with Crippen molar-refractivity contribution in [2.24, 2.45) is 0 Å². The summed E-state index contributed by atoms with van der Waals surface area (Å²) in [6.07, 6.45) is 1.39. The van der Waals surface area contributed by atoms with Gasteiger partial charge < -0.3 is 4.42 Å². The predicted octanol–water partition coefficient (Wildman–Crippen LogP) is 5.30. The standard InChI is InChI=1S/C23H16ClFN2O3S/c1-2-26-21(28)19(22(29)27(23(26)31)17-9-5-15(24)6-10-17)13-18-11-12-20(30-18)14-3-7-16(25)8-4-14/h3-13H,2H2,1H3/b19-13+. The van der Waals surface area contributed by atoms with Crippen LogP contribution in [-0.2, 0) is 9.59 Å². The fourth-order valence-electron chi connectivity index (χ4n) is 3.21. The van der Waals surface area contributed by atoms with E-state index in [0.717, 1.165) is 0 Å². The predicted molar refractivity (Wildman–Crippen MR) is 121 cm³/mol. The van der Waals surface area contributed by atoms with E-state index in [4.69, 9.17) is 28.2 Å². The van der Waals surface area contributed by atoms with Crippen LogP contribution in [0, 0.1) is 5.82 Å². The molecule has 0 aliphatic carbocycles. The van der Waals surface area contributed by atoms with Crippen molar-refractivity contribution in [2.75, 3.05) is 11.4 Å². The first-order valence-electron chi connectivity index (χ1n) is 9.42. The van der Waals surface area contributed by atoms with E-state index in [1.807, 2.05) is 0 Å². The lowest BCUT2D eigenvalue weighted by Crippen LogP contribution is -2.56. The van der Waals surface area contributed by atoms with E-state index in [1.165, 1.54) is 28.0 Å². The topological polar surface area (TPSA) is 53.8 Å². The van der Waals surface area contributed by atoms with Gasteiger partial charge in [-0.25, -0.2) is 4.39 Å². The molecule has 8 heteroatoms. The summed E-state index contributed by atoms with van der Waals surface area (Å²) in [5, 5.41) is 0.616. The fourth-order valence-corrected chi connectivity index (χ4v) is 3.74. The normalized spacial score (nSPS) is 15.8. The smallest absolute Gasteiger partial charge is 0.270 e. The zero-order chi connectivity index (χ0) is 22.1. The van der Waals surface area contributed by atoms with Crippen LogP contribution in [0.5, 0.6) is 0 Å². The van der Waals surface area contributed by atoms with E-state index in [2.05, 4.69) is 0 Å². The van der Waals surface area contributed by atoms with E-state index in [1.54, 1.807) is 55.5 Å². The van der Waals surface area contributed by atoms with Crippen molar-refractivity contribution in [1.82, 2.24) is 4.90 Å². The monoisotopic (exact) mass is 454 g/mol. The molecule has 5 nitrogen and oxygen atoms in total. The molecule has 3 aromatic rings. The highest BCUT2D eigenvalue weighted by atomic mass is 35.5. The molecule has 31 heavy (non-hydrogen) atoms. The van der Waals surface area contributed by atoms with E-state index in [9.17, 15) is 14.0 Å². The molecular weight excluding hydrogens is 439 g/mol. The number of halogens is 2. The number of hydrogen-bond acceptors (Lipinski definition) is 4. The van der Waals surface area contributed by atoms with Crippen molar-refractivity contribution < 1.29 is 18.4 Å². The maximum Gasteiger partial charge on any atom is 0.270 e. The molecule has 0 N–H and O–H groups in total. The molecule has 0 unspecified atom stereocenters. The average molecular weight is 455 g/mol. The van der Waals surface area contributed by atoms with Crippen LogP contribution in [0.2, 0.25) is 5.02 Å². The van der Waals surface area contributed by atoms with Crippen LogP contribution in [0.1, 0.15) is 12.7 Å². The molecule has 0 spiro atoms. The number of furan rings is 1. The lowest BCUT2D eigenvalue weighted by Gasteiger charge is -2.35. The number of carbonyl (C=O) groups is 2. The minimum absolute atomic E-state index is 0.0783. The summed E-state index contributed by atoms with van der Waals surface area (Å²) in [6, 6.07) is 15.8. The number of thiocarbonyl (C=S) groups is 1. The molecular formula is C23H16ClFN2O3S. The van der Waals surface area contributed by atoms with Crippen molar-refractivity contribution in [2.45, 2.75) is 6.92 Å². The summed E-state index contributed by atoms with van der Waals surface area (Å²) >= 11 is 11.4. The highest BCUT2D eigenvalue weighted by Gasteiger charge is 2.39. The number of rotatable bonds is 4. The molecule has 1 aliphatic heterocycles. The maximum absolute atomic E-state index is 13.2. The molecule has 1 aromatic heterocycles. The highest BCUT2D eigenvalue weighted by Crippen LogP contribution is 2.29. The van der Waals surface area contributed by atoms with Crippen molar-refractivity contribution >= 4 is 52.5 Å². The minimum Gasteiger partial charge on any atom is -0.457 e. The van der Waals surface area contributed by atoms with Crippen LogP contribution < -0.4 is 4.90 Å². The first-order valence-corrected chi connectivity index (χ1v) is 10.2. The Balaban J connectivity index is 1.72. The van der Waals surface area contributed by atoms with Crippen LogP contribution >= 0.6 is 23.8 Å². The molecule has 1 saturated heterocycles. The molecule has 0 radical (unpaired) electrons. The van der Waals surface area contributed by atoms with Gasteiger partial charge in [-0.2, -0.15) is 0 Å². The Bertz CT molecular complexity index is 1200. The first kappa shape index (κ1) is 21.0. The largest absolute Gasteiger partial charge is 0.457 e. The van der Waals surface area contributed by atoms with Gasteiger partial charge >= 0.3 is 0 Å². The molecule has 1 aliphatic rings. The maximum atomic E-state index is 13.2. The molecule has 2 amide bonds. The Kier molecular flexibility index (Phi) is 5.71. The van der Waals surface area contributed by atoms with Crippen LogP contribution in [0.4, 0.5) is 10.1 Å². The van der Waals surface area contributed by atoms with Crippen LogP contribution in [0.3, 0.4) is 0 Å². The quantitative estimate of drug-likeness (QED) is 0.305. The molecule has 0 bridgehead atoms. The molecule has 0 saturated carbocycles. The van der Waals surface area contributed by atoms with Gasteiger partial charge in [-0.1, -0.05) is 11.6 Å². The van der Waals surface area contributed by atoms with Crippen molar-refractivity contribution in [3.8, 4) is 11.3 Å². The van der Waals surface area contributed by atoms with Crippen LogP contribution in [0.25, 0.3) is 17.4 Å². The van der Waals surface area contributed by atoms with Gasteiger partial charge in [-0.05, 0) is 85.9 Å². The molecule has 156 valence electrons. The van der Waals surface area contributed by atoms with Gasteiger partial charge in [0.2, 0.25) is 0 Å². The van der Waals surface area contributed by atoms with Gasteiger partial charge in [-0.3, -0.25) is 19.4 Å². The second-order valence-electron chi connectivity index (χ2n) is 6.72. The van der Waals surface area contributed by atoms with Gasteiger partial charge in [0.05, 0.1) is 5.69 Å². The molecule has 4 rings (SSSR count). The van der Waals surface area contributed by atoms with E-state index >= 15 is 0 Å². The van der Waals surface area contributed by atoms with Crippen molar-refractivity contribution in [3.05, 3.63) is 82.8 Å². The number of anilines is 1. The lowest BCUT2D eigenvalue weighted by molar-refractivity contribution is -0.127. The highest BCUT2D eigenvalue weighted by molar-refractivity contribution is 7.80. The minimum atomic E-state index is -0.554. The van der Waals surface area contributed by atoms with Crippen LogP contribution in [0.15, 0.2) is 70.7 Å². The average Bonchev–Trinajstić information content (AvgIpc) is 3.22. The second kappa shape index (κ2) is 8.45. The second-order valence-corrected chi connectivity index (χ2v) is 7.52. The molecule has 2 aromatic carbocycles. The Morgan fingerprint density at radius 2 is 1.68 bits per heavy atom. The molecule has 1 fully saturated rings. The Hall–Kier alpha value is -3.29. The first-order chi connectivity index (χ1) is 14.9. The number of benzene rings is 2. The third-order valence-corrected chi connectivity index (χ3v) is 5.43. The van der Waals surface area contributed by atoms with E-state index < -0.39 is 11.8 Å². The molecule has 0 atom stereocenters. The lowest BCUT2D eigenvalue weighted by atomic mass is 10.1. The van der Waals surface area contributed by atoms with Gasteiger partial charge in [-0.15, -0.1) is 0 Å². The van der Waals surface area contributed by atoms with Crippen molar-refractivity contribution in [1.29, 1.82) is 0 Å². The SMILES string of the molecule is CCN1C(=O)/C(=C\c2ccc(-c3ccc(F)cc3)o2)C(=O)N(c2ccc(Cl)cc2)C1=S. The van der Waals surface area contributed by atoms with Gasteiger partial charge in [0, 0.05) is 17.1 Å². The Labute approximate surface area is 188 Å². The van der Waals surface area contributed by atoms with Gasteiger partial charge in [0.1, 0.15) is 22.9 Å². The number of carbonyl (C=O) groups excluding carboxylic acids is 2. The van der Waals surface area contributed by atoms with Crippen molar-refractivity contribution in [3.63, 3.8) is 0 Å². The zero-order valence-corrected chi connectivity index (χ0v) is 17.9. The molecule has 2 heterocycles. The Morgan fingerprint density at radius 3 is 2.32 bits per heavy atom.